The zero-order valence-electron chi connectivity index (χ0n) is 10.2. The average Bonchev–Trinajstić information content (AvgIpc) is 2.42. The van der Waals surface area contributed by atoms with Gasteiger partial charge in [0.25, 0.3) is 0 Å². The third-order valence-electron chi connectivity index (χ3n) is 2.97. The van der Waals surface area contributed by atoms with Gasteiger partial charge in [0.2, 0.25) is 0 Å². The molecule has 1 atom stereocenters. The molecule has 19 heavy (non-hydrogen) atoms. The predicted molar refractivity (Wildman–Crippen MR) is 78.3 cm³/mol. The van der Waals surface area contributed by atoms with Crippen molar-refractivity contribution in [3.8, 4) is 0 Å². The zero-order valence-corrected chi connectivity index (χ0v) is 12.5. The van der Waals surface area contributed by atoms with Crippen molar-refractivity contribution >= 4 is 33.3 Å². The topological polar surface area (TPSA) is 17.1 Å². The molecule has 1 unspecified atom stereocenters. The molecule has 0 aliphatic rings. The van der Waals surface area contributed by atoms with Gasteiger partial charge in [-0.25, -0.2) is 4.39 Å². The van der Waals surface area contributed by atoms with Gasteiger partial charge in [-0.15, -0.1) is 0 Å². The average molecular weight is 342 g/mol. The molecule has 98 valence electrons. The van der Waals surface area contributed by atoms with E-state index >= 15 is 0 Å². The van der Waals surface area contributed by atoms with Gasteiger partial charge in [0.1, 0.15) is 5.82 Å². The molecule has 4 heteroatoms. The Hall–Kier alpha value is -1.19. The summed E-state index contributed by atoms with van der Waals surface area (Å²) in [5, 5.41) is 0.324. The Labute approximate surface area is 124 Å². The van der Waals surface area contributed by atoms with Gasteiger partial charge in [0.05, 0.1) is 10.6 Å². The van der Waals surface area contributed by atoms with Crippen LogP contribution >= 0.6 is 27.5 Å². The Morgan fingerprint density at radius 3 is 2.53 bits per heavy atom. The third-order valence-corrected chi connectivity index (χ3v) is 4.17. The summed E-state index contributed by atoms with van der Waals surface area (Å²) in [6.07, 6.45) is 0. The molecule has 0 spiro atoms. The predicted octanol–water partition coefficient (Wildman–Crippen LogP) is 5.23. The first kappa shape index (κ1) is 14.2. The van der Waals surface area contributed by atoms with Crippen LogP contribution in [0.15, 0.2) is 46.9 Å². The van der Waals surface area contributed by atoms with Crippen molar-refractivity contribution in [1.82, 2.24) is 0 Å². The second kappa shape index (κ2) is 5.85. The summed E-state index contributed by atoms with van der Waals surface area (Å²) in [4.78, 5) is 12.3. The second-order valence-electron chi connectivity index (χ2n) is 4.24. The highest BCUT2D eigenvalue weighted by atomic mass is 79.9. The van der Waals surface area contributed by atoms with E-state index in [1.165, 1.54) is 12.1 Å². The Balaban J connectivity index is 2.37. The van der Waals surface area contributed by atoms with Crippen LogP contribution in [0, 0.1) is 5.82 Å². The number of benzene rings is 2. The molecule has 0 radical (unpaired) electrons. The summed E-state index contributed by atoms with van der Waals surface area (Å²) in [6.45, 7) is 1.76. The van der Waals surface area contributed by atoms with Crippen LogP contribution in [-0.4, -0.2) is 5.78 Å². The Kier molecular flexibility index (Phi) is 4.38. The number of Topliss-reactive ketones (excluding diaryl/α,β-unsaturated/α-hetero) is 1. The molecule has 0 aromatic heterocycles. The molecular weight excluding hydrogens is 331 g/mol. The summed E-state index contributed by atoms with van der Waals surface area (Å²) in [7, 11) is 0. The molecule has 0 heterocycles. The highest BCUT2D eigenvalue weighted by Crippen LogP contribution is 2.29. The highest BCUT2D eigenvalue weighted by Gasteiger charge is 2.21. The van der Waals surface area contributed by atoms with Crippen LogP contribution in [0.4, 0.5) is 4.39 Å². The van der Waals surface area contributed by atoms with E-state index in [0.29, 0.717) is 9.50 Å². The molecule has 0 bridgehead atoms. The summed E-state index contributed by atoms with van der Waals surface area (Å²) < 4.78 is 14.3. The van der Waals surface area contributed by atoms with Gasteiger partial charge in [-0.2, -0.15) is 0 Å². The minimum atomic E-state index is -0.566. The summed E-state index contributed by atoms with van der Waals surface area (Å²) in [5.74, 6) is -1.25. The van der Waals surface area contributed by atoms with Gasteiger partial charge in [0, 0.05) is 10.4 Å². The van der Waals surface area contributed by atoms with E-state index in [4.69, 9.17) is 11.6 Å². The monoisotopic (exact) mass is 340 g/mol. The Morgan fingerprint density at radius 2 is 1.89 bits per heavy atom. The van der Waals surface area contributed by atoms with Crippen LogP contribution < -0.4 is 0 Å². The molecule has 0 aliphatic carbocycles. The van der Waals surface area contributed by atoms with Crippen molar-refractivity contribution in [2.24, 2.45) is 0 Å². The zero-order chi connectivity index (χ0) is 14.0. The van der Waals surface area contributed by atoms with Gasteiger partial charge in [0.15, 0.2) is 5.78 Å². The standard InChI is InChI=1S/C15H11BrClFO/c1-9(10-5-3-2-4-6-10)15(19)11-7-13(17)12(16)8-14(11)18/h2-9H,1H3. The molecule has 0 N–H and O–H groups in total. The van der Waals surface area contributed by atoms with E-state index < -0.39 is 11.7 Å². The smallest absolute Gasteiger partial charge is 0.173 e. The fourth-order valence-corrected chi connectivity index (χ4v) is 2.32. The first-order valence-corrected chi connectivity index (χ1v) is 6.91. The first-order valence-electron chi connectivity index (χ1n) is 5.74. The lowest BCUT2D eigenvalue weighted by Crippen LogP contribution is -2.11. The maximum atomic E-state index is 13.8. The number of rotatable bonds is 3. The lowest BCUT2D eigenvalue weighted by atomic mass is 9.92. The molecule has 1 nitrogen and oxygen atoms in total. The van der Waals surface area contributed by atoms with Crippen LogP contribution in [0.1, 0.15) is 28.8 Å². The molecule has 0 saturated carbocycles. The van der Waals surface area contributed by atoms with Gasteiger partial charge < -0.3 is 0 Å². The summed E-state index contributed by atoms with van der Waals surface area (Å²) in [6, 6.07) is 11.9. The third kappa shape index (κ3) is 3.04. The van der Waals surface area contributed by atoms with Crippen LogP contribution in [0.2, 0.25) is 5.02 Å². The normalized spacial score (nSPS) is 12.2. The van der Waals surface area contributed by atoms with Crippen molar-refractivity contribution in [1.29, 1.82) is 0 Å². The lowest BCUT2D eigenvalue weighted by molar-refractivity contribution is 0.0962. The summed E-state index contributed by atoms with van der Waals surface area (Å²) in [5.41, 5.74) is 0.871. The van der Waals surface area contributed by atoms with E-state index in [1.807, 2.05) is 30.3 Å². The maximum absolute atomic E-state index is 13.8. The van der Waals surface area contributed by atoms with E-state index in [9.17, 15) is 9.18 Å². The largest absolute Gasteiger partial charge is 0.293 e. The van der Waals surface area contributed by atoms with Crippen molar-refractivity contribution in [3.63, 3.8) is 0 Å². The van der Waals surface area contributed by atoms with E-state index in [2.05, 4.69) is 15.9 Å². The van der Waals surface area contributed by atoms with Crippen LogP contribution in [0.5, 0.6) is 0 Å². The number of ketones is 1. The number of hydrogen-bond donors (Lipinski definition) is 0. The van der Waals surface area contributed by atoms with E-state index in [-0.39, 0.29) is 11.3 Å². The minimum absolute atomic E-state index is 0.0181. The minimum Gasteiger partial charge on any atom is -0.293 e. The first-order chi connectivity index (χ1) is 9.00. The fourth-order valence-electron chi connectivity index (χ4n) is 1.84. The van der Waals surface area contributed by atoms with E-state index in [0.717, 1.165) is 5.56 Å². The van der Waals surface area contributed by atoms with Crippen molar-refractivity contribution < 1.29 is 9.18 Å². The van der Waals surface area contributed by atoms with Crippen LogP contribution in [-0.2, 0) is 0 Å². The molecule has 0 fully saturated rings. The molecule has 2 rings (SSSR count). The Bertz CT molecular complexity index is 613. The second-order valence-corrected chi connectivity index (χ2v) is 5.50. The quantitative estimate of drug-likeness (QED) is 0.552. The highest BCUT2D eigenvalue weighted by molar-refractivity contribution is 9.10. The molecule has 0 aliphatic heterocycles. The maximum Gasteiger partial charge on any atom is 0.173 e. The number of carbonyl (C=O) groups is 1. The molecule has 0 saturated heterocycles. The molecule has 2 aromatic rings. The van der Waals surface area contributed by atoms with Crippen LogP contribution in [0.25, 0.3) is 0 Å². The number of halogens is 3. The molecule has 2 aromatic carbocycles. The van der Waals surface area contributed by atoms with Crippen LogP contribution in [0.3, 0.4) is 0 Å². The lowest BCUT2D eigenvalue weighted by Gasteiger charge is -2.12. The van der Waals surface area contributed by atoms with Crippen molar-refractivity contribution in [3.05, 3.63) is 68.9 Å². The Morgan fingerprint density at radius 1 is 1.26 bits per heavy atom. The van der Waals surface area contributed by atoms with Crippen molar-refractivity contribution in [2.75, 3.05) is 0 Å². The van der Waals surface area contributed by atoms with Crippen molar-refractivity contribution in [2.45, 2.75) is 12.8 Å². The summed E-state index contributed by atoms with van der Waals surface area (Å²) >= 11 is 9.04. The molecule has 0 amide bonds. The van der Waals surface area contributed by atoms with E-state index in [1.54, 1.807) is 6.92 Å². The van der Waals surface area contributed by atoms with Gasteiger partial charge >= 0.3 is 0 Å². The molecular formula is C15H11BrClFO. The van der Waals surface area contributed by atoms with Gasteiger partial charge in [-0.05, 0) is 33.6 Å². The SMILES string of the molecule is CC(C(=O)c1cc(Cl)c(Br)cc1F)c1ccccc1. The number of carbonyl (C=O) groups excluding carboxylic acids is 1. The fraction of sp³-hybridized carbons (Fsp3) is 0.133. The number of hydrogen-bond acceptors (Lipinski definition) is 1. The van der Waals surface area contributed by atoms with Gasteiger partial charge in [-0.3, -0.25) is 4.79 Å². The van der Waals surface area contributed by atoms with Gasteiger partial charge in [-0.1, -0.05) is 48.9 Å².